The fourth-order valence-electron chi connectivity index (χ4n) is 3.93. The topological polar surface area (TPSA) is 57.6 Å². The molecule has 132 valence electrons. The van der Waals surface area contributed by atoms with Crippen LogP contribution in [0.15, 0.2) is 41.3 Å². The minimum atomic E-state index is -3.62. The van der Waals surface area contributed by atoms with E-state index in [-0.39, 0.29) is 0 Å². The first-order valence-corrected chi connectivity index (χ1v) is 10.3. The van der Waals surface area contributed by atoms with Crippen LogP contribution in [0.25, 0.3) is 0 Å². The molecule has 0 saturated heterocycles. The van der Waals surface area contributed by atoms with Gasteiger partial charge in [0.15, 0.2) is 0 Å². The van der Waals surface area contributed by atoms with Crippen molar-refractivity contribution in [1.29, 1.82) is 0 Å². The Morgan fingerprint density at radius 3 is 2.60 bits per heavy atom. The van der Waals surface area contributed by atoms with Crippen LogP contribution in [0.4, 0.5) is 5.69 Å². The molecule has 2 aromatic carbocycles. The number of hydrogen-bond acceptors (Lipinski definition) is 3. The van der Waals surface area contributed by atoms with Gasteiger partial charge in [-0.15, -0.1) is 0 Å². The third kappa shape index (κ3) is 2.85. The summed E-state index contributed by atoms with van der Waals surface area (Å²) < 4.78 is 28.0. The number of aryl methyl sites for hydroxylation is 3. The maximum absolute atomic E-state index is 13.3. The number of benzene rings is 2. The molecule has 0 aromatic heterocycles. The van der Waals surface area contributed by atoms with Gasteiger partial charge in [0.25, 0.3) is 10.0 Å². The summed E-state index contributed by atoms with van der Waals surface area (Å²) in [5.41, 5.74) is 4.75. The van der Waals surface area contributed by atoms with Crippen molar-refractivity contribution in [2.75, 3.05) is 10.8 Å². The zero-order chi connectivity index (χ0) is 17.6. The van der Waals surface area contributed by atoms with E-state index >= 15 is 0 Å². The molecule has 1 aliphatic heterocycles. The van der Waals surface area contributed by atoms with Gasteiger partial charge < -0.3 is 5.11 Å². The summed E-state index contributed by atoms with van der Waals surface area (Å²) in [6.07, 6.45) is 4.09. The lowest BCUT2D eigenvalue weighted by Gasteiger charge is -2.33. The number of aliphatic hydroxyl groups is 1. The Labute approximate surface area is 149 Å². The van der Waals surface area contributed by atoms with E-state index in [1.807, 2.05) is 37.3 Å². The van der Waals surface area contributed by atoms with Crippen LogP contribution in [0.5, 0.6) is 0 Å². The molecule has 25 heavy (non-hydrogen) atoms. The van der Waals surface area contributed by atoms with Gasteiger partial charge in [-0.25, -0.2) is 8.42 Å². The van der Waals surface area contributed by atoms with Crippen molar-refractivity contribution in [3.63, 3.8) is 0 Å². The van der Waals surface area contributed by atoms with Crippen molar-refractivity contribution in [3.8, 4) is 0 Å². The van der Waals surface area contributed by atoms with Gasteiger partial charge in [-0.3, -0.25) is 4.31 Å². The molecular formula is C20H23NO3S. The molecule has 4 nitrogen and oxygen atoms in total. The van der Waals surface area contributed by atoms with Crippen molar-refractivity contribution in [3.05, 3.63) is 58.7 Å². The standard InChI is InChI=1S/C20H23NO3S/c1-14-6-9-19-18(12-14)20(22)10-11-21(19)25(23,24)17-8-7-15-4-2-3-5-16(15)13-17/h6-9,12-13,20,22H,2-5,10-11H2,1H3. The largest absolute Gasteiger partial charge is 0.388 e. The smallest absolute Gasteiger partial charge is 0.264 e. The molecule has 1 N–H and O–H groups in total. The molecule has 1 heterocycles. The van der Waals surface area contributed by atoms with Crippen LogP contribution >= 0.6 is 0 Å². The molecule has 5 heteroatoms. The number of fused-ring (bicyclic) bond motifs is 2. The monoisotopic (exact) mass is 357 g/mol. The lowest BCUT2D eigenvalue weighted by Crippen LogP contribution is -2.36. The van der Waals surface area contributed by atoms with Crippen molar-refractivity contribution in [2.45, 2.75) is 50.0 Å². The van der Waals surface area contributed by atoms with E-state index in [9.17, 15) is 13.5 Å². The van der Waals surface area contributed by atoms with Crippen molar-refractivity contribution >= 4 is 15.7 Å². The molecule has 1 unspecified atom stereocenters. The van der Waals surface area contributed by atoms with E-state index in [0.29, 0.717) is 29.1 Å². The summed E-state index contributed by atoms with van der Waals surface area (Å²) in [6.45, 7) is 2.25. The van der Waals surface area contributed by atoms with E-state index in [0.717, 1.165) is 30.4 Å². The Morgan fingerprint density at radius 1 is 1.04 bits per heavy atom. The average molecular weight is 357 g/mol. The van der Waals surface area contributed by atoms with Gasteiger partial charge in [-0.05, 0) is 68.4 Å². The third-order valence-electron chi connectivity index (χ3n) is 5.32. The van der Waals surface area contributed by atoms with E-state index in [2.05, 4.69) is 0 Å². The molecule has 0 fully saturated rings. The van der Waals surface area contributed by atoms with Gasteiger partial charge in [0.2, 0.25) is 0 Å². The van der Waals surface area contributed by atoms with Crippen LogP contribution in [0.1, 0.15) is 47.6 Å². The SMILES string of the molecule is Cc1ccc2c(c1)C(O)CCN2S(=O)(=O)c1ccc2c(c1)CCCC2. The van der Waals surface area contributed by atoms with Crippen LogP contribution in [-0.2, 0) is 22.9 Å². The zero-order valence-electron chi connectivity index (χ0n) is 14.4. The molecule has 0 saturated carbocycles. The Kier molecular flexibility index (Phi) is 4.08. The van der Waals surface area contributed by atoms with E-state index in [1.54, 1.807) is 6.07 Å². The second kappa shape index (κ2) is 6.15. The Hall–Kier alpha value is -1.85. The Morgan fingerprint density at radius 2 is 1.80 bits per heavy atom. The van der Waals surface area contributed by atoms with Crippen LogP contribution in [0, 0.1) is 6.92 Å². The zero-order valence-corrected chi connectivity index (χ0v) is 15.2. The number of anilines is 1. The van der Waals surface area contributed by atoms with Crippen LogP contribution in [0.3, 0.4) is 0 Å². The lowest BCUT2D eigenvalue weighted by molar-refractivity contribution is 0.166. The highest BCUT2D eigenvalue weighted by molar-refractivity contribution is 7.92. The van der Waals surface area contributed by atoms with Gasteiger partial charge in [0, 0.05) is 12.1 Å². The molecular weight excluding hydrogens is 334 g/mol. The molecule has 4 rings (SSSR count). The van der Waals surface area contributed by atoms with Crippen molar-refractivity contribution in [2.24, 2.45) is 0 Å². The first-order chi connectivity index (χ1) is 12.0. The predicted octanol–water partition coefficient (Wildman–Crippen LogP) is 3.51. The molecule has 1 aliphatic carbocycles. The highest BCUT2D eigenvalue weighted by Gasteiger charge is 2.32. The van der Waals surface area contributed by atoms with Crippen LogP contribution in [0.2, 0.25) is 0 Å². The number of rotatable bonds is 2. The first kappa shape index (κ1) is 16.6. The molecule has 0 radical (unpaired) electrons. The van der Waals surface area contributed by atoms with E-state index in [4.69, 9.17) is 0 Å². The highest BCUT2D eigenvalue weighted by Crippen LogP contribution is 2.38. The minimum Gasteiger partial charge on any atom is -0.388 e. The minimum absolute atomic E-state index is 0.302. The molecule has 0 bridgehead atoms. The van der Waals surface area contributed by atoms with E-state index in [1.165, 1.54) is 16.3 Å². The van der Waals surface area contributed by atoms with Gasteiger partial charge in [-0.2, -0.15) is 0 Å². The van der Waals surface area contributed by atoms with Crippen molar-refractivity contribution in [1.82, 2.24) is 0 Å². The highest BCUT2D eigenvalue weighted by atomic mass is 32.2. The fraction of sp³-hybridized carbons (Fsp3) is 0.400. The average Bonchev–Trinajstić information content (AvgIpc) is 2.62. The number of nitrogens with zero attached hydrogens (tertiary/aromatic N) is 1. The molecule has 0 amide bonds. The summed E-state index contributed by atoms with van der Waals surface area (Å²) in [5, 5.41) is 10.3. The predicted molar refractivity (Wildman–Crippen MR) is 98.4 cm³/mol. The van der Waals surface area contributed by atoms with Gasteiger partial charge >= 0.3 is 0 Å². The maximum atomic E-state index is 13.3. The second-order valence-corrected chi connectivity index (χ2v) is 8.94. The molecule has 2 aliphatic rings. The molecule has 2 aromatic rings. The summed E-state index contributed by atoms with van der Waals surface area (Å²) in [7, 11) is -3.62. The van der Waals surface area contributed by atoms with E-state index < -0.39 is 16.1 Å². The summed E-state index contributed by atoms with van der Waals surface area (Å²) in [4.78, 5) is 0.357. The second-order valence-electron chi connectivity index (χ2n) is 7.08. The third-order valence-corrected chi connectivity index (χ3v) is 7.13. The lowest BCUT2D eigenvalue weighted by atomic mass is 9.92. The number of aliphatic hydroxyl groups excluding tert-OH is 1. The summed E-state index contributed by atoms with van der Waals surface area (Å²) in [5.74, 6) is 0. The van der Waals surface area contributed by atoms with Crippen LogP contribution in [-0.4, -0.2) is 20.1 Å². The summed E-state index contributed by atoms with van der Waals surface area (Å²) >= 11 is 0. The van der Waals surface area contributed by atoms with Gasteiger partial charge in [0.1, 0.15) is 0 Å². The maximum Gasteiger partial charge on any atom is 0.264 e. The number of hydrogen-bond donors (Lipinski definition) is 1. The Balaban J connectivity index is 1.78. The molecule has 0 spiro atoms. The Bertz CT molecular complexity index is 921. The van der Waals surface area contributed by atoms with Gasteiger partial charge in [-0.1, -0.05) is 23.8 Å². The first-order valence-electron chi connectivity index (χ1n) is 8.90. The quantitative estimate of drug-likeness (QED) is 0.895. The summed E-state index contributed by atoms with van der Waals surface area (Å²) in [6, 6.07) is 11.1. The fourth-order valence-corrected chi connectivity index (χ4v) is 5.49. The number of sulfonamides is 1. The van der Waals surface area contributed by atoms with Crippen molar-refractivity contribution < 1.29 is 13.5 Å². The van der Waals surface area contributed by atoms with Gasteiger partial charge in [0.05, 0.1) is 16.7 Å². The van der Waals surface area contributed by atoms with Crippen LogP contribution < -0.4 is 4.31 Å². The normalized spacial score (nSPS) is 20.1. The molecule has 1 atom stereocenters.